The van der Waals surface area contributed by atoms with Crippen LogP contribution in [0.5, 0.6) is 0 Å². The zero-order valence-electron chi connectivity index (χ0n) is 17.5. The van der Waals surface area contributed by atoms with Crippen LogP contribution in [0.4, 0.5) is 5.69 Å². The highest BCUT2D eigenvalue weighted by atomic mass is 79.9. The summed E-state index contributed by atoms with van der Waals surface area (Å²) >= 11 is 3.55. The van der Waals surface area contributed by atoms with E-state index in [1.54, 1.807) is 0 Å². The third-order valence-corrected chi connectivity index (χ3v) is 6.41. The van der Waals surface area contributed by atoms with Gasteiger partial charge in [-0.3, -0.25) is 4.79 Å². The van der Waals surface area contributed by atoms with Crippen LogP contribution < -0.4 is 4.90 Å². The van der Waals surface area contributed by atoms with Crippen LogP contribution in [0.25, 0.3) is 5.70 Å². The first kappa shape index (κ1) is 20.5. The number of para-hydroxylation sites is 1. The molecule has 1 heterocycles. The topological polar surface area (TPSA) is 20.3 Å². The molecule has 0 bridgehead atoms. The molecule has 4 aromatic rings. The van der Waals surface area contributed by atoms with E-state index < -0.39 is 0 Å². The highest BCUT2D eigenvalue weighted by Crippen LogP contribution is 2.47. The molecule has 1 aliphatic rings. The van der Waals surface area contributed by atoms with Gasteiger partial charge in [-0.2, -0.15) is 0 Å². The van der Waals surface area contributed by atoms with E-state index in [0.717, 1.165) is 32.6 Å². The van der Waals surface area contributed by atoms with Crippen molar-refractivity contribution in [2.24, 2.45) is 0 Å². The molecule has 0 saturated carbocycles. The van der Waals surface area contributed by atoms with Crippen molar-refractivity contribution in [1.82, 2.24) is 0 Å². The molecule has 0 radical (unpaired) electrons. The number of anilines is 1. The van der Waals surface area contributed by atoms with E-state index in [1.165, 1.54) is 5.56 Å². The summed E-state index contributed by atoms with van der Waals surface area (Å²) in [5.74, 6) is 0.0880. The van der Waals surface area contributed by atoms with Gasteiger partial charge in [0.2, 0.25) is 0 Å². The molecule has 0 amide bonds. The minimum Gasteiger partial charge on any atom is -0.333 e. The Labute approximate surface area is 197 Å². The molecule has 0 aliphatic carbocycles. The predicted molar refractivity (Wildman–Crippen MR) is 135 cm³/mol. The van der Waals surface area contributed by atoms with Crippen LogP contribution in [0.1, 0.15) is 33.9 Å². The van der Waals surface area contributed by atoms with Crippen molar-refractivity contribution in [1.29, 1.82) is 0 Å². The maximum Gasteiger partial charge on any atom is 0.191 e. The lowest BCUT2D eigenvalue weighted by Crippen LogP contribution is -2.22. The lowest BCUT2D eigenvalue weighted by molar-refractivity contribution is 0.103. The molecule has 0 N–H and O–H groups in total. The SMILES string of the molecule is O=C(C1=C(c2ccccc2)N(c2ccccc2)C(c2ccc(Br)cc2)C1)c1ccccc1. The second-order valence-electron chi connectivity index (χ2n) is 7.87. The molecular formula is C29H22BrNO. The summed E-state index contributed by atoms with van der Waals surface area (Å²) in [5, 5.41) is 0. The third kappa shape index (κ3) is 3.92. The van der Waals surface area contributed by atoms with E-state index in [4.69, 9.17) is 0 Å². The summed E-state index contributed by atoms with van der Waals surface area (Å²) in [6.07, 6.45) is 0.647. The fraction of sp³-hybridized carbons (Fsp3) is 0.0690. The number of ketones is 1. The minimum absolute atomic E-state index is 0.0309. The molecule has 1 aliphatic heterocycles. The molecule has 5 rings (SSSR count). The average molecular weight is 480 g/mol. The van der Waals surface area contributed by atoms with Crippen molar-refractivity contribution in [3.8, 4) is 0 Å². The summed E-state index contributed by atoms with van der Waals surface area (Å²) in [4.78, 5) is 16.1. The number of benzene rings is 4. The number of rotatable bonds is 5. The first-order chi connectivity index (χ1) is 15.7. The van der Waals surface area contributed by atoms with Crippen LogP contribution in [0.3, 0.4) is 0 Å². The molecule has 32 heavy (non-hydrogen) atoms. The molecule has 0 spiro atoms. The zero-order valence-corrected chi connectivity index (χ0v) is 19.1. The van der Waals surface area contributed by atoms with E-state index in [9.17, 15) is 4.79 Å². The van der Waals surface area contributed by atoms with Gasteiger partial charge in [0.1, 0.15) is 0 Å². The number of carbonyl (C=O) groups is 1. The number of nitrogens with zero attached hydrogens (tertiary/aromatic N) is 1. The zero-order chi connectivity index (χ0) is 21.9. The number of hydrogen-bond donors (Lipinski definition) is 0. The fourth-order valence-corrected chi connectivity index (χ4v) is 4.67. The summed E-state index contributed by atoms with van der Waals surface area (Å²) in [6.45, 7) is 0. The Morgan fingerprint density at radius 1 is 0.719 bits per heavy atom. The van der Waals surface area contributed by atoms with Crippen LogP contribution in [0.15, 0.2) is 125 Å². The van der Waals surface area contributed by atoms with E-state index in [0.29, 0.717) is 6.42 Å². The van der Waals surface area contributed by atoms with Gasteiger partial charge in [-0.1, -0.05) is 107 Å². The van der Waals surface area contributed by atoms with Gasteiger partial charge < -0.3 is 4.90 Å². The van der Waals surface area contributed by atoms with Gasteiger partial charge in [-0.05, 0) is 35.4 Å². The Morgan fingerprint density at radius 3 is 1.91 bits per heavy atom. The molecule has 156 valence electrons. The summed E-state index contributed by atoms with van der Waals surface area (Å²) in [7, 11) is 0. The van der Waals surface area contributed by atoms with Crippen LogP contribution >= 0.6 is 15.9 Å². The van der Waals surface area contributed by atoms with Crippen molar-refractivity contribution in [2.75, 3.05) is 4.90 Å². The van der Waals surface area contributed by atoms with Crippen LogP contribution in [-0.2, 0) is 0 Å². The van der Waals surface area contributed by atoms with Gasteiger partial charge in [0.25, 0.3) is 0 Å². The van der Waals surface area contributed by atoms with Gasteiger partial charge in [-0.15, -0.1) is 0 Å². The molecule has 0 fully saturated rings. The van der Waals surface area contributed by atoms with Gasteiger partial charge in [-0.25, -0.2) is 0 Å². The van der Waals surface area contributed by atoms with Gasteiger partial charge in [0.15, 0.2) is 5.78 Å². The number of halogens is 1. The van der Waals surface area contributed by atoms with Gasteiger partial charge in [0.05, 0.1) is 11.7 Å². The van der Waals surface area contributed by atoms with Crippen molar-refractivity contribution >= 4 is 33.1 Å². The summed E-state index contributed by atoms with van der Waals surface area (Å²) < 4.78 is 1.04. The monoisotopic (exact) mass is 479 g/mol. The second-order valence-corrected chi connectivity index (χ2v) is 8.78. The summed E-state index contributed by atoms with van der Waals surface area (Å²) in [5.41, 5.74) is 5.87. The van der Waals surface area contributed by atoms with E-state index in [-0.39, 0.29) is 11.8 Å². The molecule has 1 atom stereocenters. The smallest absolute Gasteiger partial charge is 0.191 e. The molecule has 0 saturated heterocycles. The molecule has 1 unspecified atom stereocenters. The van der Waals surface area contributed by atoms with Gasteiger partial charge in [0, 0.05) is 27.7 Å². The largest absolute Gasteiger partial charge is 0.333 e. The first-order valence-corrected chi connectivity index (χ1v) is 11.5. The maximum absolute atomic E-state index is 13.7. The predicted octanol–water partition coefficient (Wildman–Crippen LogP) is 7.69. The van der Waals surface area contributed by atoms with Crippen molar-refractivity contribution in [2.45, 2.75) is 12.5 Å². The van der Waals surface area contributed by atoms with Crippen molar-refractivity contribution < 1.29 is 4.79 Å². The quantitative estimate of drug-likeness (QED) is 0.273. The Kier molecular flexibility index (Phi) is 5.74. The van der Waals surface area contributed by atoms with Crippen molar-refractivity contribution in [3.05, 3.63) is 142 Å². The van der Waals surface area contributed by atoms with E-state index in [1.807, 2.05) is 66.7 Å². The highest BCUT2D eigenvalue weighted by molar-refractivity contribution is 9.10. The van der Waals surface area contributed by atoms with E-state index in [2.05, 4.69) is 69.4 Å². The van der Waals surface area contributed by atoms with Crippen LogP contribution in [0.2, 0.25) is 0 Å². The number of Topliss-reactive ketones (excluding diaryl/α,β-unsaturated/α-hetero) is 1. The number of carbonyl (C=O) groups excluding carboxylic acids is 1. The highest BCUT2D eigenvalue weighted by Gasteiger charge is 2.37. The lowest BCUT2D eigenvalue weighted by Gasteiger charge is -2.30. The maximum atomic E-state index is 13.7. The Bertz CT molecular complexity index is 1250. The Balaban J connectivity index is 1.72. The molecule has 2 nitrogen and oxygen atoms in total. The normalized spacial score (nSPS) is 15.8. The van der Waals surface area contributed by atoms with Crippen LogP contribution in [0, 0.1) is 0 Å². The molecular weight excluding hydrogens is 458 g/mol. The Hall–Kier alpha value is -3.43. The molecule has 4 aromatic carbocycles. The average Bonchev–Trinajstić information content (AvgIpc) is 3.26. The van der Waals surface area contributed by atoms with E-state index >= 15 is 0 Å². The lowest BCUT2D eigenvalue weighted by atomic mass is 9.95. The van der Waals surface area contributed by atoms with Gasteiger partial charge >= 0.3 is 0 Å². The standard InChI is InChI=1S/C29H22BrNO/c30-24-18-16-21(17-19-24)27-20-26(29(32)23-12-6-2-7-13-23)28(22-10-4-1-5-11-22)31(27)25-14-8-3-9-15-25/h1-19,27H,20H2. The molecule has 0 aromatic heterocycles. The van der Waals surface area contributed by atoms with Crippen molar-refractivity contribution in [3.63, 3.8) is 0 Å². The summed E-state index contributed by atoms with van der Waals surface area (Å²) in [6, 6.07) is 38.6. The second kappa shape index (κ2) is 8.97. The van der Waals surface area contributed by atoms with Crippen LogP contribution in [-0.4, -0.2) is 5.78 Å². The minimum atomic E-state index is 0.0309. The number of hydrogen-bond acceptors (Lipinski definition) is 2. The first-order valence-electron chi connectivity index (χ1n) is 10.7. The third-order valence-electron chi connectivity index (χ3n) is 5.88. The fourth-order valence-electron chi connectivity index (χ4n) is 4.41. The Morgan fingerprint density at radius 2 is 1.28 bits per heavy atom. The molecule has 3 heteroatoms.